The average molecular weight is 574 g/mol. The van der Waals surface area contributed by atoms with Gasteiger partial charge in [0, 0.05) is 12.1 Å². The maximum absolute atomic E-state index is 6.62. The highest BCUT2D eigenvalue weighted by atomic mass is 35.5. The Morgan fingerprint density at radius 3 is 1.49 bits per heavy atom. The summed E-state index contributed by atoms with van der Waals surface area (Å²) in [5.41, 5.74) is 3.90. The lowest BCUT2D eigenvalue weighted by Crippen LogP contribution is -2.40. The van der Waals surface area contributed by atoms with Crippen LogP contribution >= 0.6 is 47.6 Å². The molecule has 0 radical (unpaired) electrons. The van der Waals surface area contributed by atoms with E-state index in [9.17, 15) is 0 Å². The highest BCUT2D eigenvalue weighted by Gasteiger charge is 2.40. The van der Waals surface area contributed by atoms with Crippen LogP contribution in [-0.2, 0) is 6.42 Å². The van der Waals surface area contributed by atoms with Crippen molar-refractivity contribution in [2.75, 3.05) is 10.6 Å². The van der Waals surface area contributed by atoms with E-state index in [0.717, 1.165) is 52.6 Å². The first kappa shape index (κ1) is 25.7. The maximum atomic E-state index is 6.62. The predicted molar refractivity (Wildman–Crippen MR) is 163 cm³/mol. The standard InChI is InChI=1S/C29H34Cl2N4S2/c30-22-12-16(3-7-24(22)32-28(36)34-26-14-18-1-5-20(26)10-18)9-17-4-8-25(23(31)13-17)33-29(37)35-27-15-19-2-6-21(27)11-19/h3-4,7-8,12-13,18-21,26-27H,1-2,5-6,9-11,14-15H2,(H2,32,34,36)(H2,33,35,37)/t18-,19+,20-,21-,26-,27-/m1/s1. The molecule has 6 rings (SSSR count). The first-order chi connectivity index (χ1) is 17.9. The van der Waals surface area contributed by atoms with Gasteiger partial charge in [-0.25, -0.2) is 0 Å². The van der Waals surface area contributed by atoms with E-state index in [4.69, 9.17) is 47.6 Å². The third-order valence-electron chi connectivity index (χ3n) is 9.08. The van der Waals surface area contributed by atoms with E-state index >= 15 is 0 Å². The van der Waals surface area contributed by atoms with E-state index in [0.29, 0.717) is 32.4 Å². The molecule has 4 N–H and O–H groups in total. The fraction of sp³-hybridized carbons (Fsp3) is 0.517. The van der Waals surface area contributed by atoms with Crippen LogP contribution in [0.1, 0.15) is 62.5 Å². The highest BCUT2D eigenvalue weighted by molar-refractivity contribution is 7.80. The predicted octanol–water partition coefficient (Wildman–Crippen LogP) is 7.53. The molecule has 37 heavy (non-hydrogen) atoms. The molecule has 8 heteroatoms. The van der Waals surface area contributed by atoms with E-state index in [2.05, 4.69) is 33.4 Å². The molecule has 0 aliphatic heterocycles. The van der Waals surface area contributed by atoms with E-state index in [1.54, 1.807) is 0 Å². The maximum Gasteiger partial charge on any atom is 0.171 e. The summed E-state index contributed by atoms with van der Waals surface area (Å²) in [7, 11) is 0. The van der Waals surface area contributed by atoms with Crippen molar-refractivity contribution in [3.8, 4) is 0 Å². The smallest absolute Gasteiger partial charge is 0.171 e. The van der Waals surface area contributed by atoms with E-state index in [-0.39, 0.29) is 0 Å². The molecule has 196 valence electrons. The summed E-state index contributed by atoms with van der Waals surface area (Å²) in [6, 6.07) is 13.2. The van der Waals surface area contributed by atoms with Gasteiger partial charge in [-0.15, -0.1) is 0 Å². The van der Waals surface area contributed by atoms with Crippen molar-refractivity contribution in [2.24, 2.45) is 23.7 Å². The van der Waals surface area contributed by atoms with Gasteiger partial charge < -0.3 is 21.3 Å². The molecular weight excluding hydrogens is 539 g/mol. The molecule has 4 fully saturated rings. The summed E-state index contributed by atoms with van der Waals surface area (Å²) in [6.45, 7) is 0. The Balaban J connectivity index is 1.02. The molecule has 0 heterocycles. The van der Waals surface area contributed by atoms with E-state index in [1.165, 1.54) is 51.4 Å². The second-order valence-corrected chi connectivity index (χ2v) is 13.2. The van der Waals surface area contributed by atoms with E-state index < -0.39 is 0 Å². The van der Waals surface area contributed by atoms with Crippen LogP contribution in [0.3, 0.4) is 0 Å². The van der Waals surface area contributed by atoms with Crippen LogP contribution < -0.4 is 21.3 Å². The van der Waals surface area contributed by atoms with Gasteiger partial charge in [-0.1, -0.05) is 48.2 Å². The summed E-state index contributed by atoms with van der Waals surface area (Å²) in [4.78, 5) is 0. The Hall–Kier alpha value is -1.60. The number of thiocarbonyl (C=S) groups is 2. The molecule has 2 aromatic rings. The number of nitrogens with one attached hydrogen (secondary N) is 4. The molecule has 0 unspecified atom stereocenters. The van der Waals surface area contributed by atoms with Crippen molar-refractivity contribution in [3.63, 3.8) is 0 Å². The lowest BCUT2D eigenvalue weighted by Gasteiger charge is -2.25. The summed E-state index contributed by atoms with van der Waals surface area (Å²) in [6.07, 6.45) is 11.3. The van der Waals surface area contributed by atoms with Crippen molar-refractivity contribution in [2.45, 2.75) is 69.9 Å². The molecule has 4 aliphatic rings. The molecule has 4 nitrogen and oxygen atoms in total. The Morgan fingerprint density at radius 1 is 0.676 bits per heavy atom. The monoisotopic (exact) mass is 572 g/mol. The van der Waals surface area contributed by atoms with Gasteiger partial charge in [0.15, 0.2) is 10.2 Å². The van der Waals surface area contributed by atoms with Crippen LogP contribution in [0.2, 0.25) is 10.0 Å². The normalized spacial score (nSPS) is 29.4. The van der Waals surface area contributed by atoms with Gasteiger partial charge in [0.1, 0.15) is 0 Å². The van der Waals surface area contributed by atoms with Gasteiger partial charge in [-0.3, -0.25) is 0 Å². The number of halogens is 2. The van der Waals surface area contributed by atoms with Crippen LogP contribution in [-0.4, -0.2) is 22.3 Å². The third-order valence-corrected chi connectivity index (χ3v) is 10.1. The van der Waals surface area contributed by atoms with Gasteiger partial charge in [-0.05, 0) is 128 Å². The third kappa shape index (κ3) is 5.88. The summed E-state index contributed by atoms with van der Waals surface area (Å²) < 4.78 is 0. The molecular formula is C29H34Cl2N4S2. The summed E-state index contributed by atoms with van der Waals surface area (Å²) >= 11 is 24.4. The second-order valence-electron chi connectivity index (χ2n) is 11.6. The minimum atomic E-state index is 0.502. The molecule has 0 aromatic heterocycles. The van der Waals surface area contributed by atoms with Gasteiger partial charge in [-0.2, -0.15) is 0 Å². The van der Waals surface area contributed by atoms with Gasteiger partial charge in [0.2, 0.25) is 0 Å². The quantitative estimate of drug-likeness (QED) is 0.268. The van der Waals surface area contributed by atoms with Gasteiger partial charge in [0.25, 0.3) is 0 Å². The molecule has 6 atom stereocenters. The van der Waals surface area contributed by atoms with Crippen molar-refractivity contribution >= 4 is 69.2 Å². The lowest BCUT2D eigenvalue weighted by atomic mass is 9.95. The van der Waals surface area contributed by atoms with Crippen LogP contribution in [0.5, 0.6) is 0 Å². The number of hydrogen-bond donors (Lipinski definition) is 4. The van der Waals surface area contributed by atoms with Crippen molar-refractivity contribution in [3.05, 3.63) is 57.6 Å². The molecule has 0 spiro atoms. The zero-order valence-electron chi connectivity index (χ0n) is 20.9. The number of fused-ring (bicyclic) bond motifs is 4. The molecule has 4 bridgehead atoms. The average Bonchev–Trinajstić information content (AvgIpc) is 3.65. The second kappa shape index (κ2) is 10.9. The first-order valence-electron chi connectivity index (χ1n) is 13.6. The van der Waals surface area contributed by atoms with E-state index in [1.807, 2.05) is 24.3 Å². The zero-order valence-corrected chi connectivity index (χ0v) is 24.0. The van der Waals surface area contributed by atoms with Crippen LogP contribution in [0.4, 0.5) is 11.4 Å². The minimum Gasteiger partial charge on any atom is -0.359 e. The largest absolute Gasteiger partial charge is 0.359 e. The van der Waals surface area contributed by atoms with Crippen molar-refractivity contribution in [1.82, 2.24) is 10.6 Å². The lowest BCUT2D eigenvalue weighted by molar-refractivity contribution is 0.392. The van der Waals surface area contributed by atoms with Crippen LogP contribution in [0.15, 0.2) is 36.4 Å². The summed E-state index contributed by atoms with van der Waals surface area (Å²) in [5.74, 6) is 3.30. The number of hydrogen-bond acceptors (Lipinski definition) is 2. The van der Waals surface area contributed by atoms with Crippen LogP contribution in [0, 0.1) is 23.7 Å². The molecule has 0 amide bonds. The Kier molecular flexibility index (Phi) is 7.54. The highest BCUT2D eigenvalue weighted by Crippen LogP contribution is 2.45. The molecule has 2 aromatic carbocycles. The Labute approximate surface area is 240 Å². The summed E-state index contributed by atoms with van der Waals surface area (Å²) in [5, 5.41) is 16.3. The van der Waals surface area contributed by atoms with Crippen molar-refractivity contribution < 1.29 is 0 Å². The Bertz CT molecular complexity index is 1110. The zero-order chi connectivity index (χ0) is 25.5. The molecule has 4 aliphatic carbocycles. The van der Waals surface area contributed by atoms with Crippen LogP contribution in [0.25, 0.3) is 0 Å². The minimum absolute atomic E-state index is 0.502. The Morgan fingerprint density at radius 2 is 1.14 bits per heavy atom. The van der Waals surface area contributed by atoms with Gasteiger partial charge in [0.05, 0.1) is 21.4 Å². The fourth-order valence-electron chi connectivity index (χ4n) is 7.27. The number of benzene rings is 2. The fourth-order valence-corrected chi connectivity index (χ4v) is 8.30. The van der Waals surface area contributed by atoms with Crippen molar-refractivity contribution in [1.29, 1.82) is 0 Å². The SMILES string of the molecule is S=C(Nc1ccc(Cc2ccc(NC(=S)N[C@@H]3C[C@H]4CC[C@@H]3C4)c(Cl)c2)cc1Cl)N[C@@H]1C[C@@H]2CC[C@@H]1C2. The first-order valence-corrected chi connectivity index (χ1v) is 15.2. The molecule has 4 saturated carbocycles. The number of anilines is 2. The number of rotatable bonds is 6. The topological polar surface area (TPSA) is 48.1 Å². The molecule has 0 saturated heterocycles. The van der Waals surface area contributed by atoms with Gasteiger partial charge >= 0.3 is 0 Å².